The van der Waals surface area contributed by atoms with Gasteiger partial charge in [-0.2, -0.15) is 0 Å². The Balaban J connectivity index is 1.61. The number of carbonyl (C=O) groups excluding carboxylic acids is 2. The van der Waals surface area contributed by atoms with Crippen molar-refractivity contribution in [2.45, 2.75) is 24.8 Å². The van der Waals surface area contributed by atoms with E-state index in [1.807, 2.05) is 31.2 Å². The van der Waals surface area contributed by atoms with Crippen LogP contribution in [0, 0.1) is 6.92 Å². The smallest absolute Gasteiger partial charge is 0.253 e. The molecule has 2 amide bonds. The van der Waals surface area contributed by atoms with Crippen LogP contribution < -0.4 is 10.6 Å². The van der Waals surface area contributed by atoms with Gasteiger partial charge in [-0.3, -0.25) is 9.59 Å². The number of hydrogen-bond donors (Lipinski definition) is 2. The van der Waals surface area contributed by atoms with Crippen molar-refractivity contribution in [2.75, 3.05) is 11.1 Å². The maximum Gasteiger partial charge on any atom is 0.253 e. The highest BCUT2D eigenvalue weighted by Gasteiger charge is 2.18. The van der Waals surface area contributed by atoms with E-state index in [0.717, 1.165) is 11.1 Å². The van der Waals surface area contributed by atoms with Crippen LogP contribution in [0.2, 0.25) is 5.02 Å². The molecule has 3 rings (SSSR count). The van der Waals surface area contributed by atoms with Gasteiger partial charge in [0.05, 0.1) is 21.9 Å². The fraction of sp³-hybridized carbons (Fsp3) is 0.167. The van der Waals surface area contributed by atoms with Crippen LogP contribution >= 0.6 is 11.6 Å². The highest BCUT2D eigenvalue weighted by Crippen LogP contribution is 2.18. The molecule has 0 aliphatic carbocycles. The van der Waals surface area contributed by atoms with E-state index < -0.39 is 15.7 Å². The summed E-state index contributed by atoms with van der Waals surface area (Å²) in [5, 5.41) is 5.91. The highest BCUT2D eigenvalue weighted by atomic mass is 35.5. The maximum atomic E-state index is 12.6. The van der Waals surface area contributed by atoms with Crippen molar-refractivity contribution in [2.24, 2.45) is 0 Å². The molecule has 0 saturated heterocycles. The maximum absolute atomic E-state index is 12.6. The number of aryl methyl sites for hydroxylation is 1. The minimum atomic E-state index is -3.63. The molecule has 0 saturated carbocycles. The van der Waals surface area contributed by atoms with Gasteiger partial charge in [-0.25, -0.2) is 8.42 Å². The van der Waals surface area contributed by atoms with Crippen LogP contribution in [0.3, 0.4) is 0 Å². The molecule has 0 radical (unpaired) electrons. The summed E-state index contributed by atoms with van der Waals surface area (Å²) in [5.41, 5.74) is 2.71. The standard InChI is InChI=1S/C24H23ClN2O4S/c1-17-6-8-18(9-7-17)16-26-24(29)21-4-2-3-5-22(21)27-23(28)14-15-32(30,31)20-12-10-19(25)11-13-20/h2-13H,14-16H2,1H3,(H,26,29)(H,27,28). The molecule has 0 unspecified atom stereocenters. The quantitative estimate of drug-likeness (QED) is 0.511. The van der Waals surface area contributed by atoms with E-state index in [4.69, 9.17) is 11.6 Å². The number of amides is 2. The van der Waals surface area contributed by atoms with Crippen molar-refractivity contribution < 1.29 is 18.0 Å². The Morgan fingerprint density at radius 2 is 1.56 bits per heavy atom. The summed E-state index contributed by atoms with van der Waals surface area (Å²) in [4.78, 5) is 25.2. The van der Waals surface area contributed by atoms with Crippen LogP contribution in [0.4, 0.5) is 5.69 Å². The van der Waals surface area contributed by atoms with Crippen molar-refractivity contribution in [1.82, 2.24) is 5.32 Å². The largest absolute Gasteiger partial charge is 0.348 e. The second kappa shape index (κ2) is 10.4. The van der Waals surface area contributed by atoms with Crippen LogP contribution in [0.5, 0.6) is 0 Å². The van der Waals surface area contributed by atoms with E-state index in [0.29, 0.717) is 22.8 Å². The Kier molecular flexibility index (Phi) is 7.66. The minimum absolute atomic E-state index is 0.102. The number of anilines is 1. The number of halogens is 1. The van der Waals surface area contributed by atoms with Gasteiger partial charge in [0.1, 0.15) is 0 Å². The van der Waals surface area contributed by atoms with Gasteiger partial charge in [0.2, 0.25) is 5.91 Å². The number of para-hydroxylation sites is 1. The van der Waals surface area contributed by atoms with E-state index in [1.165, 1.54) is 24.3 Å². The molecule has 2 N–H and O–H groups in total. The molecule has 166 valence electrons. The first-order chi connectivity index (χ1) is 15.2. The van der Waals surface area contributed by atoms with E-state index >= 15 is 0 Å². The predicted octanol–water partition coefficient (Wildman–Crippen LogP) is 4.38. The monoisotopic (exact) mass is 470 g/mol. The van der Waals surface area contributed by atoms with Crippen molar-refractivity contribution in [1.29, 1.82) is 0 Å². The number of nitrogens with one attached hydrogen (secondary N) is 2. The third kappa shape index (κ3) is 6.42. The first kappa shape index (κ1) is 23.5. The summed E-state index contributed by atoms with van der Waals surface area (Å²) < 4.78 is 24.9. The third-order valence-corrected chi connectivity index (χ3v) is 6.77. The summed E-state index contributed by atoms with van der Waals surface area (Å²) in [6.45, 7) is 2.34. The molecule has 3 aromatic carbocycles. The first-order valence-corrected chi connectivity index (χ1v) is 12.0. The van der Waals surface area contributed by atoms with Gasteiger partial charge < -0.3 is 10.6 Å². The molecule has 0 fully saturated rings. The zero-order chi connectivity index (χ0) is 23.1. The van der Waals surface area contributed by atoms with Crippen LogP contribution in [-0.2, 0) is 21.2 Å². The minimum Gasteiger partial charge on any atom is -0.348 e. The predicted molar refractivity (Wildman–Crippen MR) is 126 cm³/mol. The molecule has 0 spiro atoms. The van der Waals surface area contributed by atoms with Gasteiger partial charge in [0.25, 0.3) is 5.91 Å². The summed E-state index contributed by atoms with van der Waals surface area (Å²) in [6.07, 6.45) is -0.246. The number of carbonyl (C=O) groups is 2. The van der Waals surface area contributed by atoms with Crippen LogP contribution in [0.15, 0.2) is 77.7 Å². The lowest BCUT2D eigenvalue weighted by Gasteiger charge is -2.12. The Morgan fingerprint density at radius 1 is 0.906 bits per heavy atom. The molecule has 8 heteroatoms. The Morgan fingerprint density at radius 3 is 2.25 bits per heavy atom. The average Bonchev–Trinajstić information content (AvgIpc) is 2.78. The van der Waals surface area contributed by atoms with Gasteiger partial charge in [-0.1, -0.05) is 53.6 Å². The second-order valence-corrected chi connectivity index (χ2v) is 9.83. The van der Waals surface area contributed by atoms with Gasteiger partial charge >= 0.3 is 0 Å². The van der Waals surface area contributed by atoms with E-state index in [1.54, 1.807) is 24.3 Å². The van der Waals surface area contributed by atoms with Crippen LogP contribution in [-0.4, -0.2) is 26.0 Å². The molecule has 32 heavy (non-hydrogen) atoms. The van der Waals surface area contributed by atoms with E-state index in [-0.39, 0.29) is 23.0 Å². The highest BCUT2D eigenvalue weighted by molar-refractivity contribution is 7.91. The third-order valence-electron chi connectivity index (χ3n) is 4.79. The van der Waals surface area contributed by atoms with Gasteiger partial charge in [-0.15, -0.1) is 0 Å². The normalized spacial score (nSPS) is 11.1. The molecule has 0 bridgehead atoms. The number of hydrogen-bond acceptors (Lipinski definition) is 4. The fourth-order valence-electron chi connectivity index (χ4n) is 2.97. The molecular weight excluding hydrogens is 448 g/mol. The van der Waals surface area contributed by atoms with E-state index in [2.05, 4.69) is 10.6 Å². The Hall–Kier alpha value is -3.16. The summed E-state index contributed by atoms with van der Waals surface area (Å²) in [5.74, 6) is -1.20. The lowest BCUT2D eigenvalue weighted by Crippen LogP contribution is -2.25. The average molecular weight is 471 g/mol. The number of benzene rings is 3. The van der Waals surface area contributed by atoms with Crippen LogP contribution in [0.1, 0.15) is 27.9 Å². The fourth-order valence-corrected chi connectivity index (χ4v) is 4.34. The van der Waals surface area contributed by atoms with Gasteiger partial charge in [0, 0.05) is 18.0 Å². The number of rotatable bonds is 8. The Labute approximate surface area is 192 Å². The molecule has 6 nitrogen and oxygen atoms in total. The van der Waals surface area contributed by atoms with Crippen molar-refractivity contribution in [3.63, 3.8) is 0 Å². The first-order valence-electron chi connectivity index (χ1n) is 9.95. The van der Waals surface area contributed by atoms with Gasteiger partial charge in [-0.05, 0) is 48.9 Å². The molecule has 0 atom stereocenters. The second-order valence-electron chi connectivity index (χ2n) is 7.28. The molecule has 0 aliphatic heterocycles. The molecule has 3 aromatic rings. The molecule has 0 aromatic heterocycles. The Bertz CT molecular complexity index is 1210. The molecule has 0 heterocycles. The summed E-state index contributed by atoms with van der Waals surface area (Å²) >= 11 is 5.79. The lowest BCUT2D eigenvalue weighted by atomic mass is 10.1. The topological polar surface area (TPSA) is 92.3 Å². The SMILES string of the molecule is Cc1ccc(CNC(=O)c2ccccc2NC(=O)CCS(=O)(=O)c2ccc(Cl)cc2)cc1. The summed E-state index contributed by atoms with van der Waals surface area (Å²) in [6, 6.07) is 20.2. The number of sulfone groups is 1. The van der Waals surface area contributed by atoms with Crippen LogP contribution in [0.25, 0.3) is 0 Å². The molecule has 0 aliphatic rings. The van der Waals surface area contributed by atoms with Crippen molar-refractivity contribution >= 4 is 38.9 Å². The zero-order valence-electron chi connectivity index (χ0n) is 17.5. The molecular formula is C24H23ClN2O4S. The van der Waals surface area contributed by atoms with Crippen molar-refractivity contribution in [3.8, 4) is 0 Å². The van der Waals surface area contributed by atoms with E-state index in [9.17, 15) is 18.0 Å². The summed E-state index contributed by atoms with van der Waals surface area (Å²) in [7, 11) is -3.63. The lowest BCUT2D eigenvalue weighted by molar-refractivity contribution is -0.115. The van der Waals surface area contributed by atoms with Gasteiger partial charge in [0.15, 0.2) is 9.84 Å². The zero-order valence-corrected chi connectivity index (χ0v) is 19.0. The van der Waals surface area contributed by atoms with Crippen molar-refractivity contribution in [3.05, 3.63) is 94.5 Å².